The van der Waals surface area contributed by atoms with Crippen LogP contribution in [0.15, 0.2) is 47.1 Å². The van der Waals surface area contributed by atoms with Crippen LogP contribution in [0.5, 0.6) is 5.75 Å². The van der Waals surface area contributed by atoms with E-state index >= 15 is 0 Å². The lowest BCUT2D eigenvalue weighted by molar-refractivity contribution is 0.0933. The summed E-state index contributed by atoms with van der Waals surface area (Å²) in [4.78, 5) is 14.8. The predicted molar refractivity (Wildman–Crippen MR) is 104 cm³/mol. The molecule has 3 rings (SSSR count). The van der Waals surface area contributed by atoms with Crippen LogP contribution in [0, 0.1) is 0 Å². The van der Waals surface area contributed by atoms with Crippen LogP contribution >= 0.6 is 12.4 Å². The lowest BCUT2D eigenvalue weighted by Crippen LogP contribution is -2.36. The Bertz CT molecular complexity index is 652. The van der Waals surface area contributed by atoms with Crippen LogP contribution in [-0.2, 0) is 0 Å². The summed E-state index contributed by atoms with van der Waals surface area (Å²) in [5, 5.41) is 3.05. The fourth-order valence-electron chi connectivity index (χ4n) is 3.16. The van der Waals surface area contributed by atoms with E-state index in [9.17, 15) is 4.79 Å². The smallest absolute Gasteiger partial charge is 0.251 e. The Kier molecular flexibility index (Phi) is 8.01. The van der Waals surface area contributed by atoms with Crippen molar-refractivity contribution in [3.8, 4) is 5.75 Å². The van der Waals surface area contributed by atoms with E-state index in [-0.39, 0.29) is 24.4 Å². The first-order valence-corrected chi connectivity index (χ1v) is 9.06. The lowest BCUT2D eigenvalue weighted by Gasteiger charge is -2.26. The number of hydrogen-bond acceptors (Lipinski definition) is 4. The Morgan fingerprint density at radius 3 is 2.58 bits per heavy atom. The van der Waals surface area contributed by atoms with Crippen LogP contribution in [-0.4, -0.2) is 37.0 Å². The molecule has 2 heterocycles. The van der Waals surface area contributed by atoms with Crippen molar-refractivity contribution in [1.29, 1.82) is 0 Å². The zero-order valence-corrected chi connectivity index (χ0v) is 16.0. The molecule has 5 nitrogen and oxygen atoms in total. The second-order valence-corrected chi connectivity index (χ2v) is 6.36. The molecule has 2 aromatic rings. The van der Waals surface area contributed by atoms with Gasteiger partial charge in [-0.3, -0.25) is 9.69 Å². The molecule has 0 radical (unpaired) electrons. The maximum Gasteiger partial charge on any atom is 0.251 e. The van der Waals surface area contributed by atoms with E-state index in [4.69, 9.17) is 9.15 Å². The van der Waals surface area contributed by atoms with E-state index in [0.717, 1.165) is 31.0 Å². The van der Waals surface area contributed by atoms with Crippen molar-refractivity contribution in [2.75, 3.05) is 26.2 Å². The number of carbonyl (C=O) groups is 1. The Hall–Kier alpha value is -1.98. The summed E-state index contributed by atoms with van der Waals surface area (Å²) in [5.74, 6) is 1.63. The molecule has 1 aliphatic heterocycles. The largest absolute Gasteiger partial charge is 0.494 e. The van der Waals surface area contributed by atoms with Gasteiger partial charge in [-0.15, -0.1) is 12.4 Å². The van der Waals surface area contributed by atoms with Crippen molar-refractivity contribution in [3.05, 3.63) is 54.0 Å². The van der Waals surface area contributed by atoms with Crippen molar-refractivity contribution in [1.82, 2.24) is 10.2 Å². The number of carbonyl (C=O) groups excluding carboxylic acids is 1. The van der Waals surface area contributed by atoms with Crippen molar-refractivity contribution in [2.45, 2.75) is 32.2 Å². The maximum absolute atomic E-state index is 12.5. The minimum atomic E-state index is -0.0715. The molecule has 0 spiro atoms. The third kappa shape index (κ3) is 5.26. The molecule has 1 fully saturated rings. The zero-order valence-electron chi connectivity index (χ0n) is 15.1. The molecule has 1 aromatic carbocycles. The first-order valence-electron chi connectivity index (χ1n) is 9.06. The molecule has 1 unspecified atom stereocenters. The molecule has 0 bridgehead atoms. The number of halogens is 1. The van der Waals surface area contributed by atoms with Crippen LogP contribution < -0.4 is 10.1 Å². The summed E-state index contributed by atoms with van der Waals surface area (Å²) >= 11 is 0. The lowest BCUT2D eigenvalue weighted by atomic mass is 10.1. The van der Waals surface area contributed by atoms with E-state index in [1.165, 1.54) is 12.8 Å². The molecule has 1 aliphatic rings. The van der Waals surface area contributed by atoms with E-state index in [0.29, 0.717) is 18.7 Å². The Morgan fingerprint density at radius 1 is 1.23 bits per heavy atom. The predicted octanol–water partition coefficient (Wildman–Crippen LogP) is 4.06. The van der Waals surface area contributed by atoms with Crippen LogP contribution in [0.2, 0.25) is 0 Å². The number of ether oxygens (including phenoxy) is 1. The fourth-order valence-corrected chi connectivity index (χ4v) is 3.16. The number of furan rings is 1. The average Bonchev–Trinajstić information content (AvgIpc) is 3.35. The molecule has 0 aliphatic carbocycles. The van der Waals surface area contributed by atoms with Gasteiger partial charge in [0.05, 0.1) is 18.9 Å². The monoisotopic (exact) mass is 378 g/mol. The average molecular weight is 379 g/mol. The summed E-state index contributed by atoms with van der Waals surface area (Å²) in [7, 11) is 0. The van der Waals surface area contributed by atoms with Crippen LogP contribution in [0.1, 0.15) is 48.3 Å². The zero-order chi connectivity index (χ0) is 17.5. The molecule has 0 saturated carbocycles. The van der Waals surface area contributed by atoms with Gasteiger partial charge in [-0.25, -0.2) is 0 Å². The Labute approximate surface area is 161 Å². The Morgan fingerprint density at radius 2 is 1.96 bits per heavy atom. The topological polar surface area (TPSA) is 54.7 Å². The summed E-state index contributed by atoms with van der Waals surface area (Å²) in [5.41, 5.74) is 0.642. The molecule has 142 valence electrons. The quantitative estimate of drug-likeness (QED) is 0.752. The van der Waals surface area contributed by atoms with Crippen molar-refractivity contribution in [3.63, 3.8) is 0 Å². The van der Waals surface area contributed by atoms with E-state index < -0.39 is 0 Å². The summed E-state index contributed by atoms with van der Waals surface area (Å²) in [6.45, 7) is 5.39. The van der Waals surface area contributed by atoms with Gasteiger partial charge in [-0.2, -0.15) is 0 Å². The molecule has 26 heavy (non-hydrogen) atoms. The summed E-state index contributed by atoms with van der Waals surface area (Å²) in [6, 6.07) is 11.3. The SMILES string of the molecule is CCCOc1ccc(C(=O)NCC(c2ccco2)N2CCCC2)cc1.Cl. The summed E-state index contributed by atoms with van der Waals surface area (Å²) < 4.78 is 11.1. The highest BCUT2D eigenvalue weighted by Gasteiger charge is 2.26. The molecule has 1 saturated heterocycles. The van der Waals surface area contributed by atoms with E-state index in [1.807, 2.05) is 24.3 Å². The highest BCUT2D eigenvalue weighted by molar-refractivity contribution is 5.94. The second kappa shape index (κ2) is 10.2. The number of amides is 1. The number of rotatable bonds is 8. The highest BCUT2D eigenvalue weighted by atomic mass is 35.5. The third-order valence-corrected chi connectivity index (χ3v) is 4.50. The van der Waals surface area contributed by atoms with Crippen LogP contribution in [0.3, 0.4) is 0 Å². The minimum absolute atomic E-state index is 0. The van der Waals surface area contributed by atoms with Crippen LogP contribution in [0.4, 0.5) is 0 Å². The van der Waals surface area contributed by atoms with Gasteiger partial charge in [-0.1, -0.05) is 6.92 Å². The molecule has 1 aromatic heterocycles. The second-order valence-electron chi connectivity index (χ2n) is 6.36. The third-order valence-electron chi connectivity index (χ3n) is 4.50. The van der Waals surface area contributed by atoms with Gasteiger partial charge in [0, 0.05) is 12.1 Å². The fraction of sp³-hybridized carbons (Fsp3) is 0.450. The number of likely N-dealkylation sites (tertiary alicyclic amines) is 1. The Balaban J connectivity index is 0.00000243. The molecular formula is C20H27ClN2O3. The molecule has 1 N–H and O–H groups in total. The first kappa shape index (κ1) is 20.3. The van der Waals surface area contributed by atoms with E-state index in [1.54, 1.807) is 18.4 Å². The molecule has 1 atom stereocenters. The minimum Gasteiger partial charge on any atom is -0.494 e. The van der Waals surface area contributed by atoms with Gasteiger partial charge >= 0.3 is 0 Å². The summed E-state index contributed by atoms with van der Waals surface area (Å²) in [6.07, 6.45) is 5.05. The number of benzene rings is 1. The van der Waals surface area contributed by atoms with Gasteiger partial charge in [-0.05, 0) is 68.8 Å². The van der Waals surface area contributed by atoms with Gasteiger partial charge in [0.15, 0.2) is 0 Å². The van der Waals surface area contributed by atoms with Gasteiger partial charge in [0.25, 0.3) is 5.91 Å². The number of nitrogens with zero attached hydrogens (tertiary/aromatic N) is 1. The van der Waals surface area contributed by atoms with Gasteiger partial charge in [0.2, 0.25) is 0 Å². The van der Waals surface area contributed by atoms with Gasteiger partial charge in [0.1, 0.15) is 11.5 Å². The first-order chi connectivity index (χ1) is 12.3. The van der Waals surface area contributed by atoms with Crippen molar-refractivity contribution in [2.24, 2.45) is 0 Å². The number of hydrogen-bond donors (Lipinski definition) is 1. The maximum atomic E-state index is 12.5. The van der Waals surface area contributed by atoms with Crippen molar-refractivity contribution < 1.29 is 13.9 Å². The van der Waals surface area contributed by atoms with Crippen LogP contribution in [0.25, 0.3) is 0 Å². The van der Waals surface area contributed by atoms with E-state index in [2.05, 4.69) is 17.1 Å². The van der Waals surface area contributed by atoms with Crippen molar-refractivity contribution >= 4 is 18.3 Å². The highest BCUT2D eigenvalue weighted by Crippen LogP contribution is 2.25. The molecule has 6 heteroatoms. The number of nitrogens with one attached hydrogen (secondary N) is 1. The normalized spacial score (nSPS) is 15.3. The molecule has 1 amide bonds. The van der Waals surface area contributed by atoms with Gasteiger partial charge < -0.3 is 14.5 Å². The standard InChI is InChI=1S/C20H26N2O3.ClH/c1-2-13-24-17-9-7-16(8-10-17)20(23)21-15-18(19-6-5-14-25-19)22-11-3-4-12-22;/h5-10,14,18H,2-4,11-13,15H2,1H3,(H,21,23);1H. The molecular weight excluding hydrogens is 352 g/mol.